The van der Waals surface area contributed by atoms with E-state index in [2.05, 4.69) is 17.6 Å². The van der Waals surface area contributed by atoms with Gasteiger partial charge in [-0.1, -0.05) is 13.8 Å². The highest BCUT2D eigenvalue weighted by molar-refractivity contribution is 5.93. The van der Waals surface area contributed by atoms with Crippen molar-refractivity contribution in [3.63, 3.8) is 0 Å². The normalized spacial score (nSPS) is 35.6. The van der Waals surface area contributed by atoms with Crippen molar-refractivity contribution in [2.75, 3.05) is 11.9 Å². The fraction of sp³-hybridized carbons (Fsp3) is 0.630. The van der Waals surface area contributed by atoms with E-state index in [0.29, 0.717) is 37.4 Å². The van der Waals surface area contributed by atoms with Crippen molar-refractivity contribution in [2.24, 2.45) is 34.5 Å². The molecule has 5 rings (SSSR count). The highest BCUT2D eigenvalue weighted by atomic mass is 19.4. The molecule has 1 heterocycles. The van der Waals surface area contributed by atoms with Crippen LogP contribution in [0.3, 0.4) is 0 Å². The molecule has 1 saturated heterocycles. The number of fused-ring (bicyclic) bond motifs is 5. The average molecular weight is 529 g/mol. The number of carbonyl (C=O) groups is 2. The van der Waals surface area contributed by atoms with Crippen LogP contribution in [0.4, 0.5) is 32.0 Å². The lowest BCUT2D eigenvalue weighted by Crippen LogP contribution is -2.57. The van der Waals surface area contributed by atoms with Crippen LogP contribution in [0.1, 0.15) is 63.5 Å². The quantitative estimate of drug-likeness (QED) is 0.427. The third kappa shape index (κ3) is 4.34. The Morgan fingerprint density at radius 2 is 1.59 bits per heavy atom. The highest BCUT2D eigenvalue weighted by Crippen LogP contribution is 2.64. The Hall–Kier alpha value is -2.52. The summed E-state index contributed by atoms with van der Waals surface area (Å²) in [6.07, 6.45) is -4.07. The summed E-state index contributed by atoms with van der Waals surface area (Å²) in [6, 6.07) is 1.17. The van der Waals surface area contributed by atoms with Gasteiger partial charge < -0.3 is 10.6 Å². The number of carbonyl (C=O) groups excluding carboxylic acids is 2. The van der Waals surface area contributed by atoms with Gasteiger partial charge in [-0.2, -0.15) is 26.3 Å². The Morgan fingerprint density at radius 3 is 2.22 bits per heavy atom. The number of hydrogen-bond donors (Lipinski definition) is 2. The van der Waals surface area contributed by atoms with Crippen molar-refractivity contribution in [3.05, 3.63) is 41.1 Å². The Labute approximate surface area is 211 Å². The molecule has 3 aliphatic carbocycles. The number of benzene rings is 1. The minimum Gasteiger partial charge on any atom is -0.387 e. The van der Waals surface area contributed by atoms with Crippen molar-refractivity contribution in [1.82, 2.24) is 5.32 Å². The van der Waals surface area contributed by atoms with E-state index in [4.69, 9.17) is 0 Å². The summed E-state index contributed by atoms with van der Waals surface area (Å²) in [6.45, 7) is 4.93. The summed E-state index contributed by atoms with van der Waals surface area (Å²) in [4.78, 5) is 25.3. The first-order valence-corrected chi connectivity index (χ1v) is 12.7. The predicted molar refractivity (Wildman–Crippen MR) is 124 cm³/mol. The van der Waals surface area contributed by atoms with Gasteiger partial charge in [0.1, 0.15) is 0 Å². The van der Waals surface area contributed by atoms with E-state index in [1.54, 1.807) is 6.08 Å². The van der Waals surface area contributed by atoms with Crippen LogP contribution in [-0.4, -0.2) is 18.2 Å². The maximum atomic E-state index is 13.3. The topological polar surface area (TPSA) is 58.2 Å². The van der Waals surface area contributed by atoms with E-state index in [1.807, 2.05) is 6.92 Å². The number of ketones is 1. The van der Waals surface area contributed by atoms with Crippen LogP contribution in [0.2, 0.25) is 0 Å². The summed E-state index contributed by atoms with van der Waals surface area (Å²) in [5.74, 6) is -0.101. The van der Waals surface area contributed by atoms with Gasteiger partial charge in [0.05, 0.1) is 11.1 Å². The summed E-state index contributed by atoms with van der Waals surface area (Å²) >= 11 is 0. The molecule has 0 radical (unpaired) electrons. The molecule has 3 fully saturated rings. The third-order valence-corrected chi connectivity index (χ3v) is 9.77. The fourth-order valence-electron chi connectivity index (χ4n) is 7.83. The van der Waals surface area contributed by atoms with Gasteiger partial charge in [0, 0.05) is 41.8 Å². The molecule has 0 aromatic heterocycles. The van der Waals surface area contributed by atoms with E-state index in [1.165, 1.54) is 0 Å². The van der Waals surface area contributed by atoms with E-state index in [-0.39, 0.29) is 29.1 Å². The predicted octanol–water partition coefficient (Wildman–Crippen LogP) is 6.58. The van der Waals surface area contributed by atoms with Gasteiger partial charge >= 0.3 is 12.4 Å². The molecule has 37 heavy (non-hydrogen) atoms. The second-order valence-electron chi connectivity index (χ2n) is 11.7. The van der Waals surface area contributed by atoms with Crippen LogP contribution in [0.15, 0.2) is 30.0 Å². The van der Waals surface area contributed by atoms with Crippen LogP contribution in [-0.2, 0) is 21.9 Å². The number of amides is 1. The summed E-state index contributed by atoms with van der Waals surface area (Å²) in [5.41, 5.74) is -2.96. The number of alkyl halides is 6. The molecule has 1 aliphatic heterocycles. The van der Waals surface area contributed by atoms with Crippen LogP contribution < -0.4 is 10.6 Å². The molecule has 1 aromatic rings. The first kappa shape index (κ1) is 26.1. The minimum atomic E-state index is -4.98. The molecule has 1 amide bonds. The van der Waals surface area contributed by atoms with Crippen LogP contribution >= 0.6 is 0 Å². The Kier molecular flexibility index (Phi) is 5.99. The van der Waals surface area contributed by atoms with Crippen LogP contribution in [0.25, 0.3) is 0 Å². The minimum absolute atomic E-state index is 0.0576. The number of rotatable bonds is 2. The summed E-state index contributed by atoms with van der Waals surface area (Å²) in [7, 11) is 0. The lowest BCUT2D eigenvalue weighted by Gasteiger charge is -2.58. The molecule has 4 aliphatic rings. The van der Waals surface area contributed by atoms with Crippen molar-refractivity contribution in [1.29, 1.82) is 0 Å². The van der Waals surface area contributed by atoms with Crippen molar-refractivity contribution >= 4 is 17.4 Å². The second-order valence-corrected chi connectivity index (χ2v) is 11.7. The molecule has 0 bridgehead atoms. The SMILES string of the molecule is C[C@]12CC[C@H]3[C@@H](CNC4=CC(=O)CC[C@@]43C)[C@@H]1CC[C@@H]2C(=O)Nc1cc(C(F)(F)F)cc(C(F)(F)F)c1. The Morgan fingerprint density at radius 1 is 0.946 bits per heavy atom. The third-order valence-electron chi connectivity index (χ3n) is 9.77. The van der Waals surface area contributed by atoms with Crippen molar-refractivity contribution in [3.8, 4) is 0 Å². The maximum absolute atomic E-state index is 13.3. The van der Waals surface area contributed by atoms with Gasteiger partial charge in [-0.3, -0.25) is 9.59 Å². The molecule has 4 nitrogen and oxygen atoms in total. The largest absolute Gasteiger partial charge is 0.416 e. The Bertz CT molecular complexity index is 1130. The molecule has 2 N–H and O–H groups in total. The molecule has 2 saturated carbocycles. The molecular formula is C27H30F6N2O2. The molecule has 202 valence electrons. The molecule has 0 spiro atoms. The van der Waals surface area contributed by atoms with Gasteiger partial charge in [-0.15, -0.1) is 0 Å². The first-order valence-electron chi connectivity index (χ1n) is 12.7. The van der Waals surface area contributed by atoms with E-state index >= 15 is 0 Å². The summed E-state index contributed by atoms with van der Waals surface area (Å²) < 4.78 is 79.7. The van der Waals surface area contributed by atoms with E-state index in [0.717, 1.165) is 31.4 Å². The average Bonchev–Trinajstić information content (AvgIpc) is 3.15. The zero-order chi connectivity index (χ0) is 27.0. The lowest BCUT2D eigenvalue weighted by molar-refractivity contribution is -0.143. The number of nitrogens with one attached hydrogen (secondary N) is 2. The van der Waals surface area contributed by atoms with Gasteiger partial charge in [0.15, 0.2) is 5.78 Å². The maximum Gasteiger partial charge on any atom is 0.416 e. The molecular weight excluding hydrogens is 498 g/mol. The van der Waals surface area contributed by atoms with E-state index < -0.39 is 46.4 Å². The molecule has 10 heteroatoms. The van der Waals surface area contributed by atoms with Gasteiger partial charge in [-0.25, -0.2) is 0 Å². The number of halogens is 6. The van der Waals surface area contributed by atoms with Gasteiger partial charge in [-0.05, 0) is 73.5 Å². The molecule has 1 aromatic carbocycles. The van der Waals surface area contributed by atoms with Crippen LogP contribution in [0.5, 0.6) is 0 Å². The molecule has 6 atom stereocenters. The smallest absolute Gasteiger partial charge is 0.387 e. The monoisotopic (exact) mass is 528 g/mol. The number of allylic oxidation sites excluding steroid dienone is 2. The zero-order valence-corrected chi connectivity index (χ0v) is 20.7. The summed E-state index contributed by atoms with van der Waals surface area (Å²) in [5, 5.41) is 5.87. The Balaban J connectivity index is 1.38. The number of anilines is 1. The fourth-order valence-corrected chi connectivity index (χ4v) is 7.83. The second kappa shape index (κ2) is 8.50. The standard InChI is InChI=1S/C27H30F6N2O2/c1-24-8-6-20-18(13-34-22-12-17(36)5-7-25(20,22)2)19(24)3-4-21(24)23(37)35-16-10-14(26(28,29)30)9-15(11-16)27(31,32)33/h9-12,18-21,34H,3-8,13H2,1-2H3,(H,35,37)/t18-,19-,20-,21+,24-,25+/m0/s1. The van der Waals surface area contributed by atoms with E-state index in [9.17, 15) is 35.9 Å². The van der Waals surface area contributed by atoms with Gasteiger partial charge in [0.25, 0.3) is 0 Å². The van der Waals surface area contributed by atoms with Crippen molar-refractivity contribution in [2.45, 2.75) is 64.7 Å². The lowest BCUT2D eigenvalue weighted by atomic mass is 9.50. The highest BCUT2D eigenvalue weighted by Gasteiger charge is 2.60. The van der Waals surface area contributed by atoms with Gasteiger partial charge in [0.2, 0.25) is 5.91 Å². The number of piperidine rings is 1. The van der Waals surface area contributed by atoms with Crippen LogP contribution in [0, 0.1) is 34.5 Å². The first-order chi connectivity index (χ1) is 17.1. The zero-order valence-electron chi connectivity index (χ0n) is 20.7. The van der Waals surface area contributed by atoms with Crippen molar-refractivity contribution < 1.29 is 35.9 Å². The number of hydrogen-bond acceptors (Lipinski definition) is 3. The molecule has 0 unspecified atom stereocenters.